The lowest BCUT2D eigenvalue weighted by Gasteiger charge is -2.28. The van der Waals surface area contributed by atoms with E-state index in [0.29, 0.717) is 0 Å². The van der Waals surface area contributed by atoms with Crippen LogP contribution in [-0.2, 0) is 6.42 Å². The van der Waals surface area contributed by atoms with Crippen LogP contribution in [-0.4, -0.2) is 15.5 Å². The average molecular weight is 207 g/mol. The standard InChI is InChI=1S/C12H21N3/c1-5-10-8-11(14-9-13-10)15-12(4,6-2)7-3/h8-9H,5-7H2,1-4H3,(H,13,14,15). The molecule has 84 valence electrons. The van der Waals surface area contributed by atoms with Crippen LogP contribution < -0.4 is 5.32 Å². The van der Waals surface area contributed by atoms with Gasteiger partial charge in [0, 0.05) is 17.3 Å². The van der Waals surface area contributed by atoms with Crippen molar-refractivity contribution in [2.24, 2.45) is 0 Å². The predicted octanol–water partition coefficient (Wildman–Crippen LogP) is 3.03. The van der Waals surface area contributed by atoms with E-state index in [-0.39, 0.29) is 5.54 Å². The lowest BCUT2D eigenvalue weighted by atomic mass is 9.95. The summed E-state index contributed by atoms with van der Waals surface area (Å²) in [6.45, 7) is 8.71. The van der Waals surface area contributed by atoms with Crippen molar-refractivity contribution in [1.82, 2.24) is 9.97 Å². The van der Waals surface area contributed by atoms with Crippen molar-refractivity contribution in [3.63, 3.8) is 0 Å². The van der Waals surface area contributed by atoms with Crippen molar-refractivity contribution in [2.45, 2.75) is 52.5 Å². The summed E-state index contributed by atoms with van der Waals surface area (Å²) in [4.78, 5) is 8.43. The second kappa shape index (κ2) is 5.10. The highest BCUT2D eigenvalue weighted by Crippen LogP contribution is 2.20. The van der Waals surface area contributed by atoms with E-state index in [4.69, 9.17) is 0 Å². The van der Waals surface area contributed by atoms with Crippen LogP contribution in [0.5, 0.6) is 0 Å². The molecule has 0 aromatic carbocycles. The Morgan fingerprint density at radius 1 is 1.20 bits per heavy atom. The van der Waals surface area contributed by atoms with Crippen molar-refractivity contribution in [3.8, 4) is 0 Å². The fraction of sp³-hybridized carbons (Fsp3) is 0.667. The molecule has 0 aliphatic heterocycles. The summed E-state index contributed by atoms with van der Waals surface area (Å²) in [5, 5.41) is 3.48. The summed E-state index contributed by atoms with van der Waals surface area (Å²) in [5.41, 5.74) is 1.22. The van der Waals surface area contributed by atoms with Gasteiger partial charge in [-0.1, -0.05) is 20.8 Å². The quantitative estimate of drug-likeness (QED) is 0.806. The van der Waals surface area contributed by atoms with Gasteiger partial charge < -0.3 is 5.32 Å². The van der Waals surface area contributed by atoms with Crippen molar-refractivity contribution in [3.05, 3.63) is 18.1 Å². The first-order chi connectivity index (χ1) is 7.13. The fourth-order valence-corrected chi connectivity index (χ4v) is 1.40. The smallest absolute Gasteiger partial charge is 0.130 e. The Morgan fingerprint density at radius 3 is 2.40 bits per heavy atom. The van der Waals surface area contributed by atoms with Crippen molar-refractivity contribution in [1.29, 1.82) is 0 Å². The molecule has 0 saturated heterocycles. The molecular weight excluding hydrogens is 186 g/mol. The zero-order valence-electron chi connectivity index (χ0n) is 10.2. The number of nitrogens with zero attached hydrogens (tertiary/aromatic N) is 2. The Labute approximate surface area is 92.3 Å². The van der Waals surface area contributed by atoms with Crippen LogP contribution in [0.25, 0.3) is 0 Å². The Hall–Kier alpha value is -1.12. The zero-order chi connectivity index (χ0) is 11.3. The molecule has 0 aliphatic carbocycles. The summed E-state index contributed by atoms with van der Waals surface area (Å²) in [6, 6.07) is 2.03. The summed E-state index contributed by atoms with van der Waals surface area (Å²) in [7, 11) is 0. The molecule has 0 spiro atoms. The highest BCUT2D eigenvalue weighted by atomic mass is 15.1. The SMILES string of the molecule is CCc1cc(NC(C)(CC)CC)ncn1. The number of rotatable bonds is 5. The molecule has 0 bridgehead atoms. The van der Waals surface area contributed by atoms with Gasteiger partial charge in [-0.25, -0.2) is 9.97 Å². The minimum Gasteiger partial charge on any atom is -0.365 e. The van der Waals surface area contributed by atoms with Gasteiger partial charge in [0.2, 0.25) is 0 Å². The highest BCUT2D eigenvalue weighted by Gasteiger charge is 2.19. The molecule has 0 atom stereocenters. The largest absolute Gasteiger partial charge is 0.365 e. The molecule has 1 aromatic rings. The van der Waals surface area contributed by atoms with Gasteiger partial charge in [-0.2, -0.15) is 0 Å². The monoisotopic (exact) mass is 207 g/mol. The third kappa shape index (κ3) is 3.18. The molecule has 0 radical (unpaired) electrons. The predicted molar refractivity (Wildman–Crippen MR) is 64.0 cm³/mol. The van der Waals surface area contributed by atoms with E-state index in [1.807, 2.05) is 6.07 Å². The molecule has 15 heavy (non-hydrogen) atoms. The van der Waals surface area contributed by atoms with Gasteiger partial charge in [0.05, 0.1) is 0 Å². The number of aromatic nitrogens is 2. The van der Waals surface area contributed by atoms with Gasteiger partial charge in [0.15, 0.2) is 0 Å². The molecular formula is C12H21N3. The van der Waals surface area contributed by atoms with Crippen LogP contribution in [0.1, 0.15) is 46.2 Å². The highest BCUT2D eigenvalue weighted by molar-refractivity contribution is 5.37. The minimum absolute atomic E-state index is 0.138. The number of anilines is 1. The van der Waals surface area contributed by atoms with Crippen LogP contribution >= 0.6 is 0 Å². The molecule has 3 heteroatoms. The van der Waals surface area contributed by atoms with E-state index in [2.05, 4.69) is 43.0 Å². The zero-order valence-corrected chi connectivity index (χ0v) is 10.2. The molecule has 0 saturated carbocycles. The first-order valence-corrected chi connectivity index (χ1v) is 5.72. The first kappa shape index (κ1) is 12.0. The van der Waals surface area contributed by atoms with Crippen LogP contribution in [0.2, 0.25) is 0 Å². The number of aryl methyl sites for hydroxylation is 1. The fourth-order valence-electron chi connectivity index (χ4n) is 1.40. The number of hydrogen-bond donors (Lipinski definition) is 1. The molecule has 1 heterocycles. The molecule has 0 amide bonds. The maximum atomic E-state index is 4.25. The normalized spacial score (nSPS) is 11.5. The minimum atomic E-state index is 0.138. The van der Waals surface area contributed by atoms with E-state index < -0.39 is 0 Å². The van der Waals surface area contributed by atoms with E-state index in [1.165, 1.54) is 0 Å². The molecule has 1 rings (SSSR count). The number of hydrogen-bond acceptors (Lipinski definition) is 3. The van der Waals surface area contributed by atoms with Crippen LogP contribution in [0.4, 0.5) is 5.82 Å². The van der Waals surface area contributed by atoms with Crippen LogP contribution in [0.3, 0.4) is 0 Å². The van der Waals surface area contributed by atoms with Gasteiger partial charge in [-0.3, -0.25) is 0 Å². The second-order valence-corrected chi connectivity index (χ2v) is 4.14. The van der Waals surface area contributed by atoms with Gasteiger partial charge in [0.25, 0.3) is 0 Å². The van der Waals surface area contributed by atoms with E-state index in [0.717, 1.165) is 30.8 Å². The van der Waals surface area contributed by atoms with Gasteiger partial charge in [0.1, 0.15) is 12.1 Å². The lowest BCUT2D eigenvalue weighted by molar-refractivity contribution is 0.476. The van der Waals surface area contributed by atoms with Crippen LogP contribution in [0.15, 0.2) is 12.4 Å². The maximum Gasteiger partial charge on any atom is 0.130 e. The van der Waals surface area contributed by atoms with Crippen molar-refractivity contribution < 1.29 is 0 Å². The van der Waals surface area contributed by atoms with E-state index in [9.17, 15) is 0 Å². The summed E-state index contributed by atoms with van der Waals surface area (Å²) in [5.74, 6) is 0.938. The molecule has 0 fully saturated rings. The first-order valence-electron chi connectivity index (χ1n) is 5.72. The summed E-state index contributed by atoms with van der Waals surface area (Å²) in [6.07, 6.45) is 4.77. The van der Waals surface area contributed by atoms with E-state index in [1.54, 1.807) is 6.33 Å². The van der Waals surface area contributed by atoms with E-state index >= 15 is 0 Å². The van der Waals surface area contributed by atoms with Gasteiger partial charge in [-0.15, -0.1) is 0 Å². The Bertz CT molecular complexity index is 305. The Morgan fingerprint density at radius 2 is 1.87 bits per heavy atom. The lowest BCUT2D eigenvalue weighted by Crippen LogP contribution is -2.33. The molecule has 3 nitrogen and oxygen atoms in total. The Kier molecular flexibility index (Phi) is 4.06. The summed E-state index contributed by atoms with van der Waals surface area (Å²) >= 11 is 0. The third-order valence-electron chi connectivity index (χ3n) is 3.08. The molecule has 1 N–H and O–H groups in total. The third-order valence-corrected chi connectivity index (χ3v) is 3.08. The second-order valence-electron chi connectivity index (χ2n) is 4.14. The molecule has 0 unspecified atom stereocenters. The van der Waals surface area contributed by atoms with Crippen molar-refractivity contribution >= 4 is 5.82 Å². The average Bonchev–Trinajstić information content (AvgIpc) is 2.29. The number of nitrogens with one attached hydrogen (secondary N) is 1. The van der Waals surface area contributed by atoms with Gasteiger partial charge in [-0.05, 0) is 26.2 Å². The van der Waals surface area contributed by atoms with Crippen molar-refractivity contribution in [2.75, 3.05) is 5.32 Å². The summed E-state index contributed by atoms with van der Waals surface area (Å²) < 4.78 is 0. The van der Waals surface area contributed by atoms with Crippen LogP contribution in [0, 0.1) is 0 Å². The topological polar surface area (TPSA) is 37.8 Å². The maximum absolute atomic E-state index is 4.25. The Balaban J connectivity index is 2.79. The molecule has 0 aliphatic rings. The van der Waals surface area contributed by atoms with Gasteiger partial charge >= 0.3 is 0 Å². The molecule has 1 aromatic heterocycles.